The Morgan fingerprint density at radius 3 is 2.59 bits per heavy atom. The summed E-state index contributed by atoms with van der Waals surface area (Å²) in [6, 6.07) is 15.1. The lowest BCUT2D eigenvalue weighted by Gasteiger charge is -2.15. The van der Waals surface area contributed by atoms with Crippen LogP contribution in [0.15, 0.2) is 48.5 Å². The van der Waals surface area contributed by atoms with Gasteiger partial charge in [0.15, 0.2) is 6.61 Å². The second-order valence-corrected chi connectivity index (χ2v) is 6.16. The minimum absolute atomic E-state index is 0.0155. The fraction of sp³-hybridized carbons (Fsp3) is 0.273. The van der Waals surface area contributed by atoms with Gasteiger partial charge in [-0.1, -0.05) is 43.3 Å². The molecule has 2 aromatic rings. The van der Waals surface area contributed by atoms with Gasteiger partial charge in [-0.05, 0) is 31.6 Å². The minimum atomic E-state index is -0.420. The molecule has 0 aliphatic carbocycles. The first-order valence-electron chi connectivity index (χ1n) is 9.16. The van der Waals surface area contributed by atoms with E-state index >= 15 is 0 Å². The fourth-order valence-corrected chi connectivity index (χ4v) is 3.12. The van der Waals surface area contributed by atoms with Gasteiger partial charge < -0.3 is 14.4 Å². The highest BCUT2D eigenvalue weighted by atomic mass is 16.6. The van der Waals surface area contributed by atoms with Gasteiger partial charge in [0.05, 0.1) is 12.3 Å². The van der Waals surface area contributed by atoms with Crippen LogP contribution in [0.5, 0.6) is 5.75 Å². The highest BCUT2D eigenvalue weighted by Crippen LogP contribution is 2.38. The van der Waals surface area contributed by atoms with Gasteiger partial charge in [-0.2, -0.15) is 0 Å². The number of anilines is 1. The molecule has 27 heavy (non-hydrogen) atoms. The van der Waals surface area contributed by atoms with Gasteiger partial charge in [0, 0.05) is 23.2 Å². The van der Waals surface area contributed by atoms with Crippen molar-refractivity contribution in [1.29, 1.82) is 0 Å². The maximum atomic E-state index is 13.0. The summed E-state index contributed by atoms with van der Waals surface area (Å²) in [4.78, 5) is 26.4. The number of hydrogen-bond donors (Lipinski definition) is 0. The van der Waals surface area contributed by atoms with Gasteiger partial charge in [-0.25, -0.2) is 4.79 Å². The Bertz CT molecular complexity index is 872. The van der Waals surface area contributed by atoms with Gasteiger partial charge in [-0.15, -0.1) is 0 Å². The first-order chi connectivity index (χ1) is 13.2. The third kappa shape index (κ3) is 4.03. The Labute approximate surface area is 159 Å². The van der Waals surface area contributed by atoms with Crippen molar-refractivity contribution in [2.75, 3.05) is 24.7 Å². The van der Waals surface area contributed by atoms with Crippen molar-refractivity contribution in [2.45, 2.75) is 20.3 Å². The second kappa shape index (κ2) is 8.54. The van der Waals surface area contributed by atoms with Crippen LogP contribution in [0, 0.1) is 0 Å². The summed E-state index contributed by atoms with van der Waals surface area (Å²) in [7, 11) is 0. The molecule has 1 heterocycles. The van der Waals surface area contributed by atoms with E-state index in [9.17, 15) is 9.59 Å². The van der Waals surface area contributed by atoms with E-state index < -0.39 is 5.97 Å². The highest BCUT2D eigenvalue weighted by molar-refractivity contribution is 6.35. The highest BCUT2D eigenvalue weighted by Gasteiger charge is 2.31. The lowest BCUT2D eigenvalue weighted by Crippen LogP contribution is -2.26. The summed E-state index contributed by atoms with van der Waals surface area (Å²) in [5, 5.41) is 0. The molecule has 0 unspecified atom stereocenters. The standard InChI is InChI=1S/C22H23NO4/c1-3-13-23-19-11-7-6-10-17(19)18(22(23)25)14-16-9-5-8-12-20(16)27-15-21(24)26-4-2/h5-12,14H,3-4,13,15H2,1-2H3/b18-14-. The zero-order chi connectivity index (χ0) is 19.2. The number of nitrogens with zero attached hydrogens (tertiary/aromatic N) is 1. The Morgan fingerprint density at radius 2 is 1.81 bits per heavy atom. The van der Waals surface area contributed by atoms with Crippen LogP contribution < -0.4 is 9.64 Å². The van der Waals surface area contributed by atoms with Crippen LogP contribution >= 0.6 is 0 Å². The topological polar surface area (TPSA) is 55.8 Å². The lowest BCUT2D eigenvalue weighted by atomic mass is 10.0. The summed E-state index contributed by atoms with van der Waals surface area (Å²) in [6.45, 7) is 4.62. The number of para-hydroxylation sites is 2. The molecule has 0 N–H and O–H groups in total. The first kappa shape index (κ1) is 18.7. The normalized spacial score (nSPS) is 14.4. The number of rotatable bonds is 7. The van der Waals surface area contributed by atoms with Crippen LogP contribution in [0.4, 0.5) is 5.69 Å². The molecule has 5 nitrogen and oxygen atoms in total. The molecular formula is C22H23NO4. The summed E-state index contributed by atoms with van der Waals surface area (Å²) in [5.41, 5.74) is 3.22. The lowest BCUT2D eigenvalue weighted by molar-refractivity contribution is -0.145. The van der Waals surface area contributed by atoms with E-state index in [4.69, 9.17) is 9.47 Å². The predicted molar refractivity (Wildman–Crippen MR) is 106 cm³/mol. The van der Waals surface area contributed by atoms with E-state index in [0.29, 0.717) is 24.5 Å². The molecule has 0 bridgehead atoms. The Balaban J connectivity index is 1.93. The molecule has 1 aliphatic heterocycles. The molecule has 3 rings (SSSR count). The Hall–Kier alpha value is -3.08. The average Bonchev–Trinajstić information content (AvgIpc) is 2.94. The molecule has 0 fully saturated rings. The Kier molecular flexibility index (Phi) is 5.91. The van der Waals surface area contributed by atoms with Gasteiger partial charge in [0.25, 0.3) is 5.91 Å². The fourth-order valence-electron chi connectivity index (χ4n) is 3.12. The molecule has 0 saturated carbocycles. The van der Waals surface area contributed by atoms with E-state index in [2.05, 4.69) is 6.92 Å². The van der Waals surface area contributed by atoms with Crippen LogP contribution in [0.2, 0.25) is 0 Å². The second-order valence-electron chi connectivity index (χ2n) is 6.16. The monoisotopic (exact) mass is 365 g/mol. The van der Waals surface area contributed by atoms with Gasteiger partial charge in [-0.3, -0.25) is 4.79 Å². The van der Waals surface area contributed by atoms with Crippen molar-refractivity contribution in [3.63, 3.8) is 0 Å². The molecule has 1 amide bonds. The van der Waals surface area contributed by atoms with Crippen molar-refractivity contribution < 1.29 is 19.1 Å². The van der Waals surface area contributed by atoms with Gasteiger partial charge in [0.1, 0.15) is 5.75 Å². The van der Waals surface area contributed by atoms with Crippen molar-refractivity contribution in [1.82, 2.24) is 0 Å². The number of benzene rings is 2. The molecule has 0 spiro atoms. The Morgan fingerprint density at radius 1 is 1.07 bits per heavy atom. The van der Waals surface area contributed by atoms with Gasteiger partial charge in [0.2, 0.25) is 0 Å². The quantitative estimate of drug-likeness (QED) is 0.551. The average molecular weight is 365 g/mol. The number of amides is 1. The van der Waals surface area contributed by atoms with Crippen LogP contribution in [0.1, 0.15) is 31.4 Å². The van der Waals surface area contributed by atoms with Crippen LogP contribution in [-0.2, 0) is 14.3 Å². The molecule has 0 saturated heterocycles. The first-order valence-corrected chi connectivity index (χ1v) is 9.16. The molecule has 0 aromatic heterocycles. The number of hydrogen-bond acceptors (Lipinski definition) is 4. The van der Waals surface area contributed by atoms with Crippen LogP contribution in [-0.4, -0.2) is 31.6 Å². The molecule has 2 aromatic carbocycles. The zero-order valence-electron chi connectivity index (χ0n) is 15.6. The van der Waals surface area contributed by atoms with E-state index in [1.165, 1.54) is 0 Å². The molecule has 140 valence electrons. The van der Waals surface area contributed by atoms with Crippen LogP contribution in [0.25, 0.3) is 11.6 Å². The number of esters is 1. The molecule has 0 radical (unpaired) electrons. The maximum absolute atomic E-state index is 13.0. The van der Waals surface area contributed by atoms with E-state index in [1.54, 1.807) is 13.0 Å². The van der Waals surface area contributed by atoms with Crippen molar-refractivity contribution >= 4 is 29.2 Å². The summed E-state index contributed by atoms with van der Waals surface area (Å²) < 4.78 is 10.5. The van der Waals surface area contributed by atoms with E-state index in [1.807, 2.05) is 53.4 Å². The maximum Gasteiger partial charge on any atom is 0.344 e. The minimum Gasteiger partial charge on any atom is -0.481 e. The zero-order valence-corrected chi connectivity index (χ0v) is 15.6. The summed E-state index contributed by atoms with van der Waals surface area (Å²) >= 11 is 0. The van der Waals surface area contributed by atoms with Gasteiger partial charge >= 0.3 is 5.97 Å². The molecule has 1 aliphatic rings. The van der Waals surface area contributed by atoms with E-state index in [0.717, 1.165) is 23.2 Å². The third-order valence-corrected chi connectivity index (χ3v) is 4.28. The molecule has 5 heteroatoms. The van der Waals surface area contributed by atoms with E-state index in [-0.39, 0.29) is 12.5 Å². The number of carbonyl (C=O) groups excluding carboxylic acids is 2. The van der Waals surface area contributed by atoms with Crippen molar-refractivity contribution in [3.05, 3.63) is 59.7 Å². The third-order valence-electron chi connectivity index (χ3n) is 4.28. The van der Waals surface area contributed by atoms with Crippen molar-refractivity contribution in [2.24, 2.45) is 0 Å². The summed E-state index contributed by atoms with van der Waals surface area (Å²) in [5.74, 6) is 0.104. The number of ether oxygens (including phenoxy) is 2. The largest absolute Gasteiger partial charge is 0.481 e. The molecular weight excluding hydrogens is 342 g/mol. The SMILES string of the molecule is CCCN1C(=O)/C(=C\c2ccccc2OCC(=O)OCC)c2ccccc21. The predicted octanol–water partition coefficient (Wildman–Crippen LogP) is 3.93. The van der Waals surface area contributed by atoms with Crippen molar-refractivity contribution in [3.8, 4) is 5.75 Å². The number of fused-ring (bicyclic) bond motifs is 1. The molecule has 0 atom stereocenters. The smallest absolute Gasteiger partial charge is 0.344 e. The van der Waals surface area contributed by atoms with Crippen LogP contribution in [0.3, 0.4) is 0 Å². The summed E-state index contributed by atoms with van der Waals surface area (Å²) in [6.07, 6.45) is 2.71. The number of carbonyl (C=O) groups is 2.